The number of hydrogen-bond acceptors (Lipinski definition) is 3. The number of hydrogen-bond donors (Lipinski definition) is 0. The molecule has 3 heteroatoms. The van der Waals surface area contributed by atoms with Gasteiger partial charge < -0.3 is 4.74 Å². The molecule has 0 fully saturated rings. The van der Waals surface area contributed by atoms with Crippen LogP contribution in [0.15, 0.2) is 77.9 Å². The molecule has 26 heavy (non-hydrogen) atoms. The van der Waals surface area contributed by atoms with Gasteiger partial charge in [0, 0.05) is 11.6 Å². The Morgan fingerprint density at radius 2 is 1.69 bits per heavy atom. The fraction of sp³-hybridized carbons (Fsp3) is 0.261. The van der Waals surface area contributed by atoms with E-state index in [1.54, 1.807) is 0 Å². The maximum absolute atomic E-state index is 6.15. The summed E-state index contributed by atoms with van der Waals surface area (Å²) in [6, 6.07) is 25.8. The largest absolute Gasteiger partial charge is 0.474 e. The molecule has 0 radical (unpaired) electrons. The summed E-state index contributed by atoms with van der Waals surface area (Å²) in [4.78, 5) is 0. The molecule has 0 unspecified atom stereocenters. The van der Waals surface area contributed by atoms with E-state index in [9.17, 15) is 0 Å². The number of fused-ring (bicyclic) bond motifs is 1. The lowest BCUT2D eigenvalue weighted by Gasteiger charge is -2.36. The highest BCUT2D eigenvalue weighted by Crippen LogP contribution is 2.24. The number of nitrogens with zero attached hydrogens (tertiary/aromatic N) is 2. The summed E-state index contributed by atoms with van der Waals surface area (Å²) in [5.74, 6) is 0.722. The number of benzene rings is 3. The summed E-state index contributed by atoms with van der Waals surface area (Å²) in [6.45, 7) is 5.02. The molecular formula is C23H24N2O. The Balaban J connectivity index is 1.67. The summed E-state index contributed by atoms with van der Waals surface area (Å²) in [5, 5.41) is 9.50. The maximum Gasteiger partial charge on any atom is 0.238 e. The fourth-order valence-corrected chi connectivity index (χ4v) is 3.59. The Bertz CT molecular complexity index is 912. The van der Waals surface area contributed by atoms with Crippen molar-refractivity contribution in [3.63, 3.8) is 0 Å². The third kappa shape index (κ3) is 3.30. The van der Waals surface area contributed by atoms with Crippen molar-refractivity contribution in [2.24, 2.45) is 5.10 Å². The van der Waals surface area contributed by atoms with Crippen LogP contribution in [0.4, 0.5) is 0 Å². The lowest BCUT2D eigenvalue weighted by atomic mass is 10.0. The van der Waals surface area contributed by atoms with Crippen LogP contribution >= 0.6 is 0 Å². The molecular weight excluding hydrogens is 320 g/mol. The van der Waals surface area contributed by atoms with Gasteiger partial charge >= 0.3 is 0 Å². The van der Waals surface area contributed by atoms with Crippen LogP contribution in [0, 0.1) is 0 Å². The zero-order chi connectivity index (χ0) is 17.9. The van der Waals surface area contributed by atoms with Crippen LogP contribution in [0.1, 0.15) is 25.0 Å². The molecule has 3 nitrogen and oxygen atoms in total. The average molecular weight is 344 g/mol. The molecule has 1 atom stereocenters. The fourth-order valence-electron chi connectivity index (χ4n) is 3.59. The second kappa shape index (κ2) is 7.20. The van der Waals surface area contributed by atoms with Gasteiger partial charge in [-0.05, 0) is 42.7 Å². The summed E-state index contributed by atoms with van der Waals surface area (Å²) in [6.07, 6.45) is 0.936. The predicted octanol–water partition coefficient (Wildman–Crippen LogP) is 4.85. The van der Waals surface area contributed by atoms with E-state index in [2.05, 4.69) is 91.7 Å². The van der Waals surface area contributed by atoms with Gasteiger partial charge in [-0.15, -0.1) is 5.10 Å². The van der Waals surface area contributed by atoms with Crippen LogP contribution in [0.25, 0.3) is 10.8 Å². The highest BCUT2D eigenvalue weighted by molar-refractivity contribution is 6.07. The second-order valence-corrected chi connectivity index (χ2v) is 7.06. The first-order valence-corrected chi connectivity index (χ1v) is 9.24. The quantitative estimate of drug-likeness (QED) is 0.676. The molecule has 3 aromatic carbocycles. The van der Waals surface area contributed by atoms with Gasteiger partial charge in [0.25, 0.3) is 0 Å². The van der Waals surface area contributed by atoms with Gasteiger partial charge in [0.2, 0.25) is 5.90 Å². The first-order chi connectivity index (χ1) is 12.7. The molecule has 0 bridgehead atoms. The van der Waals surface area contributed by atoms with E-state index in [1.165, 1.54) is 16.3 Å². The standard InChI is InChI=1S/C23H24N2O/c1-17(2)25-20(15-18-9-4-3-5-10-18)16-26-23(24-25)22-14-8-12-19-11-6-7-13-21(19)22/h3-14,17,20H,15-16H2,1-2H3/t20-/m0/s1. The SMILES string of the molecule is CC(C)N1N=C(c2cccc3ccccc23)OC[C@@H]1Cc1ccccc1. The van der Waals surface area contributed by atoms with Crippen molar-refractivity contribution in [3.05, 3.63) is 83.9 Å². The number of ether oxygens (including phenoxy) is 1. The van der Waals surface area contributed by atoms with E-state index in [0.29, 0.717) is 12.6 Å². The molecule has 0 amide bonds. The average Bonchev–Trinajstić information content (AvgIpc) is 2.68. The van der Waals surface area contributed by atoms with E-state index >= 15 is 0 Å². The Morgan fingerprint density at radius 1 is 0.962 bits per heavy atom. The minimum Gasteiger partial charge on any atom is -0.474 e. The van der Waals surface area contributed by atoms with Crippen LogP contribution in [-0.2, 0) is 11.2 Å². The lowest BCUT2D eigenvalue weighted by molar-refractivity contribution is 0.0727. The van der Waals surface area contributed by atoms with Crippen molar-refractivity contribution in [2.75, 3.05) is 6.61 Å². The summed E-state index contributed by atoms with van der Waals surface area (Å²) in [5.41, 5.74) is 2.38. The van der Waals surface area contributed by atoms with E-state index in [-0.39, 0.29) is 6.04 Å². The highest BCUT2D eigenvalue weighted by Gasteiger charge is 2.27. The topological polar surface area (TPSA) is 24.8 Å². The Kier molecular flexibility index (Phi) is 4.61. The summed E-state index contributed by atoms with van der Waals surface area (Å²) < 4.78 is 6.15. The summed E-state index contributed by atoms with van der Waals surface area (Å²) in [7, 11) is 0. The van der Waals surface area contributed by atoms with Crippen molar-refractivity contribution in [1.29, 1.82) is 0 Å². The molecule has 4 rings (SSSR count). The van der Waals surface area contributed by atoms with Crippen LogP contribution in [-0.4, -0.2) is 29.6 Å². The molecule has 1 aliphatic heterocycles. The molecule has 0 aromatic heterocycles. The van der Waals surface area contributed by atoms with Gasteiger partial charge in [0.1, 0.15) is 6.61 Å². The predicted molar refractivity (Wildman–Crippen MR) is 107 cm³/mol. The molecule has 1 heterocycles. The third-order valence-electron chi connectivity index (χ3n) is 4.86. The highest BCUT2D eigenvalue weighted by atomic mass is 16.5. The maximum atomic E-state index is 6.15. The van der Waals surface area contributed by atoms with Crippen LogP contribution in [0.2, 0.25) is 0 Å². The molecule has 1 aliphatic rings. The molecule has 0 saturated heterocycles. The summed E-state index contributed by atoms with van der Waals surface area (Å²) >= 11 is 0. The van der Waals surface area contributed by atoms with Crippen molar-refractivity contribution in [2.45, 2.75) is 32.4 Å². The number of rotatable bonds is 4. The monoisotopic (exact) mass is 344 g/mol. The van der Waals surface area contributed by atoms with Crippen molar-refractivity contribution in [1.82, 2.24) is 5.01 Å². The zero-order valence-corrected chi connectivity index (χ0v) is 15.3. The van der Waals surface area contributed by atoms with Crippen molar-refractivity contribution < 1.29 is 4.74 Å². The Morgan fingerprint density at radius 3 is 2.50 bits per heavy atom. The van der Waals surface area contributed by atoms with Gasteiger partial charge in [0.05, 0.1) is 6.04 Å². The minimum absolute atomic E-state index is 0.246. The second-order valence-electron chi connectivity index (χ2n) is 7.06. The molecule has 0 N–H and O–H groups in total. The van der Waals surface area contributed by atoms with Gasteiger partial charge in [-0.2, -0.15) is 0 Å². The number of hydrazone groups is 1. The first kappa shape index (κ1) is 16.6. The smallest absolute Gasteiger partial charge is 0.238 e. The zero-order valence-electron chi connectivity index (χ0n) is 15.3. The van der Waals surface area contributed by atoms with E-state index in [1.807, 2.05) is 0 Å². The van der Waals surface area contributed by atoms with Crippen LogP contribution in [0.5, 0.6) is 0 Å². The third-order valence-corrected chi connectivity index (χ3v) is 4.86. The van der Waals surface area contributed by atoms with Gasteiger partial charge in [-0.1, -0.05) is 66.7 Å². The lowest BCUT2D eigenvalue weighted by Crippen LogP contribution is -2.45. The van der Waals surface area contributed by atoms with Crippen LogP contribution < -0.4 is 0 Å². The van der Waals surface area contributed by atoms with Gasteiger partial charge in [-0.25, -0.2) is 0 Å². The molecule has 132 valence electrons. The van der Waals surface area contributed by atoms with Gasteiger partial charge in [0.15, 0.2) is 0 Å². The van der Waals surface area contributed by atoms with Crippen LogP contribution in [0.3, 0.4) is 0 Å². The van der Waals surface area contributed by atoms with Crippen molar-refractivity contribution >= 4 is 16.7 Å². The first-order valence-electron chi connectivity index (χ1n) is 9.24. The van der Waals surface area contributed by atoms with Gasteiger partial charge in [-0.3, -0.25) is 5.01 Å². The molecule has 0 saturated carbocycles. The van der Waals surface area contributed by atoms with E-state index < -0.39 is 0 Å². The van der Waals surface area contributed by atoms with E-state index in [4.69, 9.17) is 9.84 Å². The van der Waals surface area contributed by atoms with Crippen molar-refractivity contribution in [3.8, 4) is 0 Å². The molecule has 3 aromatic rings. The molecule has 0 spiro atoms. The van der Waals surface area contributed by atoms with E-state index in [0.717, 1.165) is 17.9 Å². The normalized spacial score (nSPS) is 17.3. The Labute approximate surface area is 154 Å². The Hall–Kier alpha value is -2.81. The minimum atomic E-state index is 0.246. The molecule has 0 aliphatic carbocycles.